The molecule has 0 unspecified atom stereocenters. The van der Waals surface area contributed by atoms with Gasteiger partial charge in [-0.1, -0.05) is 46.4 Å². The van der Waals surface area contributed by atoms with Gasteiger partial charge < -0.3 is 10.5 Å². The number of benzene rings is 1. The third kappa shape index (κ3) is 3.57. The Morgan fingerprint density at radius 3 is 2.37 bits per heavy atom. The molecular formula is C12H8Cl4N2O. The van der Waals surface area contributed by atoms with Crippen LogP contribution in [0, 0.1) is 0 Å². The van der Waals surface area contributed by atoms with E-state index in [0.717, 1.165) is 0 Å². The molecule has 100 valence electrons. The summed E-state index contributed by atoms with van der Waals surface area (Å²) >= 11 is 23.7. The first kappa shape index (κ1) is 14.5. The Morgan fingerprint density at radius 2 is 1.63 bits per heavy atom. The number of aromatic nitrogens is 1. The van der Waals surface area contributed by atoms with Gasteiger partial charge >= 0.3 is 0 Å². The number of anilines is 1. The average Bonchev–Trinajstić information content (AvgIpc) is 2.36. The van der Waals surface area contributed by atoms with E-state index in [1.165, 1.54) is 12.1 Å². The molecule has 0 radical (unpaired) electrons. The molecule has 0 aliphatic heterocycles. The zero-order valence-electron chi connectivity index (χ0n) is 9.46. The lowest BCUT2D eigenvalue weighted by Crippen LogP contribution is -2.02. The summed E-state index contributed by atoms with van der Waals surface area (Å²) in [7, 11) is 0. The third-order valence-electron chi connectivity index (χ3n) is 2.28. The van der Waals surface area contributed by atoms with E-state index in [-0.39, 0.29) is 6.61 Å². The topological polar surface area (TPSA) is 48.1 Å². The maximum Gasteiger partial charge on any atom is 0.140 e. The van der Waals surface area contributed by atoms with E-state index in [1.54, 1.807) is 12.1 Å². The molecule has 0 aliphatic rings. The number of ether oxygens (including phenoxy) is 1. The zero-order valence-corrected chi connectivity index (χ0v) is 12.5. The summed E-state index contributed by atoms with van der Waals surface area (Å²) in [6.07, 6.45) is 0. The summed E-state index contributed by atoms with van der Waals surface area (Å²) in [6, 6.07) is 6.30. The molecule has 7 heteroatoms. The van der Waals surface area contributed by atoms with Gasteiger partial charge in [0, 0.05) is 6.07 Å². The van der Waals surface area contributed by atoms with Crippen molar-refractivity contribution in [2.24, 2.45) is 0 Å². The Balaban J connectivity index is 2.19. The van der Waals surface area contributed by atoms with Crippen molar-refractivity contribution >= 4 is 52.2 Å². The molecule has 0 amide bonds. The lowest BCUT2D eigenvalue weighted by atomic mass is 10.3. The van der Waals surface area contributed by atoms with Crippen molar-refractivity contribution in [3.8, 4) is 5.75 Å². The molecule has 0 fully saturated rings. The number of rotatable bonds is 3. The number of pyridine rings is 1. The fourth-order valence-corrected chi connectivity index (χ4v) is 2.11. The van der Waals surface area contributed by atoms with E-state index in [9.17, 15) is 0 Å². The van der Waals surface area contributed by atoms with Gasteiger partial charge in [-0.2, -0.15) is 0 Å². The van der Waals surface area contributed by atoms with Gasteiger partial charge in [-0.15, -0.1) is 0 Å². The Hall–Kier alpha value is -0.870. The third-order valence-corrected chi connectivity index (χ3v) is 3.64. The Kier molecular flexibility index (Phi) is 4.63. The van der Waals surface area contributed by atoms with Gasteiger partial charge in [0.15, 0.2) is 0 Å². The molecule has 2 rings (SSSR count). The molecule has 2 N–H and O–H groups in total. The first-order valence-corrected chi connectivity index (χ1v) is 6.67. The number of hydrogen-bond donors (Lipinski definition) is 1. The number of nitrogen functional groups attached to an aromatic ring is 1. The summed E-state index contributed by atoms with van der Waals surface area (Å²) in [5.74, 6) is 0.764. The number of hydrogen-bond acceptors (Lipinski definition) is 3. The largest absolute Gasteiger partial charge is 0.486 e. The van der Waals surface area contributed by atoms with E-state index < -0.39 is 0 Å². The molecule has 0 bridgehead atoms. The van der Waals surface area contributed by atoms with Gasteiger partial charge in [0.2, 0.25) is 0 Å². The monoisotopic (exact) mass is 336 g/mol. The molecule has 0 aliphatic carbocycles. The van der Waals surface area contributed by atoms with Crippen molar-refractivity contribution in [2.45, 2.75) is 6.61 Å². The van der Waals surface area contributed by atoms with E-state index in [0.29, 0.717) is 37.4 Å². The molecule has 1 heterocycles. The molecule has 19 heavy (non-hydrogen) atoms. The van der Waals surface area contributed by atoms with Crippen molar-refractivity contribution in [3.05, 3.63) is 50.0 Å². The van der Waals surface area contributed by atoms with Gasteiger partial charge in [-0.3, -0.25) is 0 Å². The van der Waals surface area contributed by atoms with Crippen LogP contribution >= 0.6 is 46.4 Å². The van der Waals surface area contributed by atoms with E-state index in [4.69, 9.17) is 56.9 Å². The molecule has 0 spiro atoms. The predicted molar refractivity (Wildman–Crippen MR) is 79.5 cm³/mol. The van der Waals surface area contributed by atoms with Crippen LogP contribution < -0.4 is 10.5 Å². The van der Waals surface area contributed by atoms with Crippen molar-refractivity contribution in [3.63, 3.8) is 0 Å². The number of nitrogens with zero attached hydrogens (tertiary/aromatic N) is 1. The molecular weight excluding hydrogens is 330 g/mol. The lowest BCUT2D eigenvalue weighted by molar-refractivity contribution is 0.302. The van der Waals surface area contributed by atoms with Crippen LogP contribution in [0.4, 0.5) is 5.82 Å². The minimum Gasteiger partial charge on any atom is -0.486 e. The highest BCUT2D eigenvalue weighted by Crippen LogP contribution is 2.34. The SMILES string of the molecule is Nc1ccc(Cl)c(COc2cc(Cl)c(Cl)cc2Cl)n1. The van der Waals surface area contributed by atoms with Gasteiger partial charge in [-0.05, 0) is 18.2 Å². The molecule has 1 aromatic heterocycles. The molecule has 0 saturated carbocycles. The smallest absolute Gasteiger partial charge is 0.140 e. The van der Waals surface area contributed by atoms with E-state index in [1.807, 2.05) is 0 Å². The van der Waals surface area contributed by atoms with Gasteiger partial charge in [0.05, 0.1) is 25.8 Å². The van der Waals surface area contributed by atoms with Crippen LogP contribution in [0.2, 0.25) is 20.1 Å². The summed E-state index contributed by atoms with van der Waals surface area (Å²) in [5, 5.41) is 1.53. The average molecular weight is 338 g/mol. The minimum atomic E-state index is 0.127. The van der Waals surface area contributed by atoms with Crippen molar-refractivity contribution in [2.75, 3.05) is 5.73 Å². The van der Waals surface area contributed by atoms with Crippen LogP contribution in [0.3, 0.4) is 0 Å². The standard InChI is InChI=1S/C12H8Cl4N2O/c13-6-1-2-12(17)18-10(6)5-19-11-4-8(15)7(14)3-9(11)16/h1-4H,5H2,(H2,17,18). The maximum absolute atomic E-state index is 5.99. The second-order valence-corrected chi connectivity index (χ2v) is 5.28. The fraction of sp³-hybridized carbons (Fsp3) is 0.0833. The van der Waals surface area contributed by atoms with Crippen LogP contribution in [0.5, 0.6) is 5.75 Å². The molecule has 2 aromatic rings. The second-order valence-electron chi connectivity index (χ2n) is 3.65. The second kappa shape index (κ2) is 6.06. The normalized spacial score (nSPS) is 10.5. The van der Waals surface area contributed by atoms with Crippen molar-refractivity contribution in [1.29, 1.82) is 0 Å². The van der Waals surface area contributed by atoms with Crippen LogP contribution in [-0.4, -0.2) is 4.98 Å². The minimum absolute atomic E-state index is 0.127. The fourth-order valence-electron chi connectivity index (χ4n) is 1.36. The van der Waals surface area contributed by atoms with Gasteiger partial charge in [-0.25, -0.2) is 4.98 Å². The Labute approximate surface area is 130 Å². The summed E-state index contributed by atoms with van der Waals surface area (Å²) in [6.45, 7) is 0.127. The molecule has 0 atom stereocenters. The van der Waals surface area contributed by atoms with Crippen LogP contribution in [0.15, 0.2) is 24.3 Å². The van der Waals surface area contributed by atoms with Gasteiger partial charge in [0.1, 0.15) is 18.2 Å². The van der Waals surface area contributed by atoms with Crippen molar-refractivity contribution < 1.29 is 4.74 Å². The molecule has 0 saturated heterocycles. The lowest BCUT2D eigenvalue weighted by Gasteiger charge is -2.10. The number of halogens is 4. The van der Waals surface area contributed by atoms with E-state index >= 15 is 0 Å². The molecule has 3 nitrogen and oxygen atoms in total. The summed E-state index contributed by atoms with van der Waals surface area (Å²) < 4.78 is 5.52. The molecule has 1 aromatic carbocycles. The highest BCUT2D eigenvalue weighted by atomic mass is 35.5. The summed E-state index contributed by atoms with van der Waals surface area (Å²) in [4.78, 5) is 4.08. The Bertz CT molecular complexity index is 619. The van der Waals surface area contributed by atoms with Crippen LogP contribution in [-0.2, 0) is 6.61 Å². The van der Waals surface area contributed by atoms with Crippen molar-refractivity contribution in [1.82, 2.24) is 4.98 Å². The first-order valence-electron chi connectivity index (χ1n) is 5.15. The van der Waals surface area contributed by atoms with Crippen LogP contribution in [0.25, 0.3) is 0 Å². The van der Waals surface area contributed by atoms with Gasteiger partial charge in [0.25, 0.3) is 0 Å². The Morgan fingerprint density at radius 1 is 0.947 bits per heavy atom. The highest BCUT2D eigenvalue weighted by molar-refractivity contribution is 6.43. The number of nitrogens with two attached hydrogens (primary N) is 1. The van der Waals surface area contributed by atoms with Crippen LogP contribution in [0.1, 0.15) is 5.69 Å². The first-order chi connectivity index (χ1) is 8.97. The quantitative estimate of drug-likeness (QED) is 0.814. The highest BCUT2D eigenvalue weighted by Gasteiger charge is 2.09. The zero-order chi connectivity index (χ0) is 14.0. The maximum atomic E-state index is 5.99. The predicted octanol–water partition coefficient (Wildman–Crippen LogP) is 4.86. The van der Waals surface area contributed by atoms with E-state index in [2.05, 4.69) is 4.98 Å². The summed E-state index contributed by atoms with van der Waals surface area (Å²) in [5.41, 5.74) is 6.10.